The lowest BCUT2D eigenvalue weighted by atomic mass is 10.1. The molecule has 1 unspecified atom stereocenters. The van der Waals surface area contributed by atoms with Crippen molar-refractivity contribution in [3.8, 4) is 0 Å². The number of carbonyl (C=O) groups is 1. The molecule has 5 heteroatoms. The van der Waals surface area contributed by atoms with Crippen LogP contribution in [0.2, 0.25) is 0 Å². The molecule has 1 aliphatic heterocycles. The maximum Gasteiger partial charge on any atom is 0.242 e. The summed E-state index contributed by atoms with van der Waals surface area (Å²) in [6.45, 7) is 2.28. The van der Waals surface area contributed by atoms with Crippen molar-refractivity contribution in [3.05, 3.63) is 28.7 Å². The second kappa shape index (κ2) is 6.39. The minimum Gasteiger partial charge on any atom is -0.360 e. The van der Waals surface area contributed by atoms with Crippen molar-refractivity contribution in [1.82, 2.24) is 10.2 Å². The third kappa shape index (κ3) is 3.48. The van der Waals surface area contributed by atoms with Gasteiger partial charge in [-0.15, -0.1) is 0 Å². The molecule has 0 aliphatic carbocycles. The molecule has 1 aromatic carbocycles. The lowest BCUT2D eigenvalue weighted by molar-refractivity contribution is -0.132. The van der Waals surface area contributed by atoms with Crippen LogP contribution in [0.25, 0.3) is 0 Å². The number of anilines is 1. The molecule has 1 amide bonds. The number of likely N-dealkylation sites (N-methyl/N-ethyl adjacent to an activating group) is 1. The number of nitrogens with one attached hydrogen (secondary N) is 1. The van der Waals surface area contributed by atoms with Crippen molar-refractivity contribution in [2.75, 3.05) is 38.6 Å². The monoisotopic (exact) mass is 325 g/mol. The summed E-state index contributed by atoms with van der Waals surface area (Å²) >= 11 is 3.48. The number of benzene rings is 1. The summed E-state index contributed by atoms with van der Waals surface area (Å²) in [6.07, 6.45) is 0.975. The van der Waals surface area contributed by atoms with E-state index >= 15 is 0 Å². The molecule has 0 spiro atoms. The van der Waals surface area contributed by atoms with Crippen molar-refractivity contribution in [2.45, 2.75) is 12.5 Å². The molecule has 19 heavy (non-hydrogen) atoms. The summed E-state index contributed by atoms with van der Waals surface area (Å²) in [4.78, 5) is 16.1. The van der Waals surface area contributed by atoms with Crippen LogP contribution in [0.1, 0.15) is 6.42 Å². The van der Waals surface area contributed by atoms with Gasteiger partial charge in [-0.1, -0.05) is 22.0 Å². The number of halogens is 1. The Balaban J connectivity index is 2.12. The first kappa shape index (κ1) is 14.3. The van der Waals surface area contributed by atoms with Gasteiger partial charge in [-0.3, -0.25) is 4.79 Å². The first-order chi connectivity index (χ1) is 9.11. The van der Waals surface area contributed by atoms with E-state index in [0.717, 1.165) is 29.7 Å². The van der Waals surface area contributed by atoms with Crippen LogP contribution in [0.15, 0.2) is 28.7 Å². The second-order valence-electron chi connectivity index (χ2n) is 4.91. The highest BCUT2D eigenvalue weighted by Gasteiger charge is 2.29. The highest BCUT2D eigenvalue weighted by atomic mass is 79.9. The molecular weight excluding hydrogens is 306 g/mol. The van der Waals surface area contributed by atoms with Gasteiger partial charge in [0.2, 0.25) is 5.91 Å². The number of hydrogen-bond acceptors (Lipinski definition) is 3. The van der Waals surface area contributed by atoms with Gasteiger partial charge in [0, 0.05) is 23.8 Å². The summed E-state index contributed by atoms with van der Waals surface area (Å²) in [5.41, 5.74) is 1.10. The van der Waals surface area contributed by atoms with Gasteiger partial charge in [-0.25, -0.2) is 0 Å². The van der Waals surface area contributed by atoms with E-state index in [1.165, 1.54) is 0 Å². The molecule has 2 rings (SSSR count). The lowest BCUT2D eigenvalue weighted by Gasteiger charge is -2.40. The van der Waals surface area contributed by atoms with Crippen LogP contribution in [0.3, 0.4) is 0 Å². The molecule has 1 fully saturated rings. The van der Waals surface area contributed by atoms with Crippen LogP contribution in [0, 0.1) is 0 Å². The third-order valence-corrected chi connectivity index (χ3v) is 4.09. The predicted octanol–water partition coefficient (Wildman–Crippen LogP) is 1.71. The Labute approximate surface area is 122 Å². The van der Waals surface area contributed by atoms with Gasteiger partial charge < -0.3 is 15.1 Å². The Morgan fingerprint density at radius 3 is 2.95 bits per heavy atom. The van der Waals surface area contributed by atoms with E-state index in [1.807, 2.05) is 31.1 Å². The summed E-state index contributed by atoms with van der Waals surface area (Å²) in [7, 11) is 3.84. The van der Waals surface area contributed by atoms with E-state index in [1.54, 1.807) is 0 Å². The Bertz CT molecular complexity index is 452. The number of carbonyl (C=O) groups excluding carboxylic acids is 1. The predicted molar refractivity (Wildman–Crippen MR) is 81.5 cm³/mol. The molecule has 1 aromatic rings. The first-order valence-electron chi connectivity index (χ1n) is 6.52. The Morgan fingerprint density at radius 2 is 2.26 bits per heavy atom. The smallest absolute Gasteiger partial charge is 0.242 e. The molecule has 0 bridgehead atoms. The topological polar surface area (TPSA) is 35.6 Å². The standard InChI is InChI=1S/C14H20BrN3O/c1-16-7-6-13-9-18(10-14(19)17(13)2)12-5-3-4-11(15)8-12/h3-5,8,13,16H,6-7,9-10H2,1-2H3. The SMILES string of the molecule is CNCCC1CN(c2cccc(Br)c2)CC(=O)N1C. The van der Waals surface area contributed by atoms with Crippen LogP contribution < -0.4 is 10.2 Å². The van der Waals surface area contributed by atoms with E-state index in [9.17, 15) is 4.79 Å². The van der Waals surface area contributed by atoms with Crippen molar-refractivity contribution in [3.63, 3.8) is 0 Å². The highest BCUT2D eigenvalue weighted by Crippen LogP contribution is 2.23. The van der Waals surface area contributed by atoms with Crippen LogP contribution in [0.5, 0.6) is 0 Å². The zero-order chi connectivity index (χ0) is 13.8. The fourth-order valence-electron chi connectivity index (χ4n) is 2.39. The first-order valence-corrected chi connectivity index (χ1v) is 7.32. The molecule has 0 saturated carbocycles. The molecular formula is C14H20BrN3O. The molecule has 0 aromatic heterocycles. The maximum absolute atomic E-state index is 12.1. The molecule has 1 atom stereocenters. The minimum absolute atomic E-state index is 0.187. The van der Waals surface area contributed by atoms with E-state index < -0.39 is 0 Å². The van der Waals surface area contributed by atoms with E-state index in [0.29, 0.717) is 6.54 Å². The summed E-state index contributed by atoms with van der Waals surface area (Å²) < 4.78 is 1.04. The van der Waals surface area contributed by atoms with Crippen molar-refractivity contribution in [1.29, 1.82) is 0 Å². The molecule has 1 N–H and O–H groups in total. The van der Waals surface area contributed by atoms with Crippen molar-refractivity contribution >= 4 is 27.5 Å². The van der Waals surface area contributed by atoms with Gasteiger partial charge in [0.15, 0.2) is 0 Å². The van der Waals surface area contributed by atoms with Gasteiger partial charge in [0.25, 0.3) is 0 Å². The second-order valence-corrected chi connectivity index (χ2v) is 5.83. The molecule has 104 valence electrons. The zero-order valence-corrected chi connectivity index (χ0v) is 13.0. The van der Waals surface area contributed by atoms with Gasteiger partial charge in [0.05, 0.1) is 12.6 Å². The normalized spacial score (nSPS) is 19.9. The third-order valence-electron chi connectivity index (χ3n) is 3.60. The zero-order valence-electron chi connectivity index (χ0n) is 11.4. The van der Waals surface area contributed by atoms with Crippen molar-refractivity contribution in [2.24, 2.45) is 0 Å². The average Bonchev–Trinajstić information content (AvgIpc) is 2.40. The molecule has 1 saturated heterocycles. The molecule has 1 heterocycles. The van der Waals surface area contributed by atoms with Gasteiger partial charge in [-0.05, 0) is 38.2 Å². The van der Waals surface area contributed by atoms with Crippen LogP contribution >= 0.6 is 15.9 Å². The van der Waals surface area contributed by atoms with E-state index in [4.69, 9.17) is 0 Å². The summed E-state index contributed by atoms with van der Waals surface area (Å²) in [5.74, 6) is 0.187. The number of nitrogens with zero attached hydrogens (tertiary/aromatic N) is 2. The Kier molecular flexibility index (Phi) is 4.82. The Hall–Kier alpha value is -1.07. The van der Waals surface area contributed by atoms with Crippen LogP contribution in [-0.2, 0) is 4.79 Å². The van der Waals surface area contributed by atoms with E-state index in [-0.39, 0.29) is 11.9 Å². The molecule has 0 radical (unpaired) electrons. The van der Waals surface area contributed by atoms with Gasteiger partial charge >= 0.3 is 0 Å². The quantitative estimate of drug-likeness (QED) is 0.915. The number of piperazine rings is 1. The fourth-order valence-corrected chi connectivity index (χ4v) is 2.77. The Morgan fingerprint density at radius 1 is 1.47 bits per heavy atom. The highest BCUT2D eigenvalue weighted by molar-refractivity contribution is 9.10. The lowest BCUT2D eigenvalue weighted by Crippen LogP contribution is -2.55. The summed E-state index contributed by atoms with van der Waals surface area (Å²) in [6, 6.07) is 8.39. The minimum atomic E-state index is 0.187. The average molecular weight is 326 g/mol. The fraction of sp³-hybridized carbons (Fsp3) is 0.500. The molecule has 4 nitrogen and oxygen atoms in total. The largest absolute Gasteiger partial charge is 0.360 e. The van der Waals surface area contributed by atoms with Crippen LogP contribution in [0.4, 0.5) is 5.69 Å². The van der Waals surface area contributed by atoms with E-state index in [2.05, 4.69) is 38.3 Å². The number of rotatable bonds is 4. The number of hydrogen-bond donors (Lipinski definition) is 1. The molecule has 1 aliphatic rings. The maximum atomic E-state index is 12.1. The number of amides is 1. The van der Waals surface area contributed by atoms with Crippen LogP contribution in [-0.4, -0.2) is 50.6 Å². The summed E-state index contributed by atoms with van der Waals surface area (Å²) in [5, 5.41) is 3.15. The van der Waals surface area contributed by atoms with Gasteiger partial charge in [-0.2, -0.15) is 0 Å². The van der Waals surface area contributed by atoms with Gasteiger partial charge in [0.1, 0.15) is 0 Å². The van der Waals surface area contributed by atoms with Crippen molar-refractivity contribution < 1.29 is 4.79 Å².